The van der Waals surface area contributed by atoms with Gasteiger partial charge >= 0.3 is 0 Å². The number of imidazole rings is 1. The number of nitrogens with zero attached hydrogens (tertiary/aromatic N) is 6. The Morgan fingerprint density at radius 2 is 1.86 bits per heavy atom. The van der Waals surface area contributed by atoms with E-state index in [4.69, 9.17) is 0 Å². The summed E-state index contributed by atoms with van der Waals surface area (Å²) in [6.45, 7) is 0.485. The lowest BCUT2D eigenvalue weighted by Gasteiger charge is -1.94. The van der Waals surface area contributed by atoms with Crippen LogP contribution in [0.2, 0.25) is 0 Å². The second-order valence-electron chi connectivity index (χ2n) is 4.85. The minimum absolute atomic E-state index is 0.485. The van der Waals surface area contributed by atoms with E-state index in [1.54, 1.807) is 4.80 Å². The van der Waals surface area contributed by atoms with E-state index in [0.717, 1.165) is 21.4 Å². The molecule has 0 aliphatic carbocycles. The second-order valence-corrected chi connectivity index (χ2v) is 5.77. The van der Waals surface area contributed by atoms with Crippen LogP contribution in [0.1, 0.15) is 5.69 Å². The van der Waals surface area contributed by atoms with Crippen LogP contribution in [0.25, 0.3) is 17.0 Å². The first-order valence-corrected chi connectivity index (χ1v) is 7.53. The fraction of sp³-hybridized carbons (Fsp3) is 0.0667. The van der Waals surface area contributed by atoms with Crippen LogP contribution in [0.5, 0.6) is 0 Å². The molecule has 0 saturated heterocycles. The molecule has 0 N–H and O–H groups in total. The van der Waals surface area contributed by atoms with Gasteiger partial charge in [-0.2, -0.15) is 4.80 Å². The van der Waals surface area contributed by atoms with Crippen LogP contribution in [0, 0.1) is 0 Å². The molecule has 0 amide bonds. The van der Waals surface area contributed by atoms with Crippen LogP contribution < -0.4 is 0 Å². The first kappa shape index (κ1) is 13.1. The van der Waals surface area contributed by atoms with E-state index in [1.807, 2.05) is 59.3 Å². The molecule has 4 rings (SSSR count). The van der Waals surface area contributed by atoms with Gasteiger partial charge in [-0.25, -0.2) is 4.98 Å². The van der Waals surface area contributed by atoms with Crippen LogP contribution in [0.4, 0.5) is 0 Å². The normalized spacial score (nSPS) is 11.1. The number of fused-ring (bicyclic) bond motifs is 1. The third kappa shape index (κ3) is 2.50. The lowest BCUT2D eigenvalue weighted by atomic mass is 10.2. The van der Waals surface area contributed by atoms with Gasteiger partial charge in [0.1, 0.15) is 12.2 Å². The summed E-state index contributed by atoms with van der Waals surface area (Å²) in [6, 6.07) is 13.7. The largest absolute Gasteiger partial charge is 0.306 e. The molecule has 0 atom stereocenters. The molecule has 0 unspecified atom stereocenters. The van der Waals surface area contributed by atoms with E-state index in [9.17, 15) is 0 Å². The molecule has 22 heavy (non-hydrogen) atoms. The molecule has 0 spiro atoms. The molecule has 0 radical (unpaired) electrons. The maximum Gasteiger partial charge on any atom is 0.204 e. The Kier molecular flexibility index (Phi) is 3.19. The zero-order valence-electron chi connectivity index (χ0n) is 11.5. The van der Waals surface area contributed by atoms with Crippen LogP contribution in [-0.4, -0.2) is 29.6 Å². The molecule has 3 heterocycles. The summed E-state index contributed by atoms with van der Waals surface area (Å²) >= 11 is 3.45. The quantitative estimate of drug-likeness (QED) is 0.567. The standard InChI is InChI=1S/C15H11BrN6/c16-12-6-7-14-17-13(9-21(14)8-12)10-22-19-15(18-20-22)11-4-2-1-3-5-11/h1-9H,10H2. The van der Waals surface area contributed by atoms with Crippen molar-refractivity contribution in [2.45, 2.75) is 6.54 Å². The van der Waals surface area contributed by atoms with Crippen LogP contribution in [0.3, 0.4) is 0 Å². The third-order valence-corrected chi connectivity index (χ3v) is 3.72. The topological polar surface area (TPSA) is 60.9 Å². The van der Waals surface area contributed by atoms with Gasteiger partial charge in [-0.3, -0.25) is 0 Å². The van der Waals surface area contributed by atoms with Crippen molar-refractivity contribution in [3.05, 3.63) is 65.0 Å². The number of pyridine rings is 1. The average Bonchev–Trinajstić information content (AvgIpc) is 3.14. The third-order valence-electron chi connectivity index (χ3n) is 3.25. The monoisotopic (exact) mass is 354 g/mol. The van der Waals surface area contributed by atoms with Gasteiger partial charge in [-0.15, -0.1) is 10.2 Å². The summed E-state index contributed by atoms with van der Waals surface area (Å²) in [5, 5.41) is 12.6. The summed E-state index contributed by atoms with van der Waals surface area (Å²) in [4.78, 5) is 6.10. The van der Waals surface area contributed by atoms with E-state index in [0.29, 0.717) is 12.4 Å². The first-order chi connectivity index (χ1) is 10.8. The Balaban J connectivity index is 1.61. The van der Waals surface area contributed by atoms with Crippen LogP contribution >= 0.6 is 15.9 Å². The number of aromatic nitrogens is 6. The molecule has 0 saturated carbocycles. The lowest BCUT2D eigenvalue weighted by molar-refractivity contribution is 0.566. The molecule has 0 aliphatic heterocycles. The van der Waals surface area contributed by atoms with Crippen molar-refractivity contribution >= 4 is 21.6 Å². The second kappa shape index (κ2) is 5.34. The number of benzene rings is 1. The van der Waals surface area contributed by atoms with Crippen LogP contribution in [-0.2, 0) is 6.54 Å². The Labute approximate surface area is 134 Å². The Morgan fingerprint density at radius 1 is 1.00 bits per heavy atom. The minimum atomic E-state index is 0.485. The lowest BCUT2D eigenvalue weighted by Crippen LogP contribution is -2.04. The van der Waals surface area contributed by atoms with E-state index in [1.165, 1.54) is 0 Å². The van der Waals surface area contributed by atoms with Gasteiger partial charge in [-0.05, 0) is 33.3 Å². The predicted molar refractivity (Wildman–Crippen MR) is 85.2 cm³/mol. The molecule has 4 aromatic rings. The van der Waals surface area contributed by atoms with Crippen molar-refractivity contribution in [2.75, 3.05) is 0 Å². The maximum absolute atomic E-state index is 4.54. The maximum atomic E-state index is 4.54. The van der Waals surface area contributed by atoms with Crippen molar-refractivity contribution in [1.29, 1.82) is 0 Å². The zero-order valence-corrected chi connectivity index (χ0v) is 13.1. The molecule has 3 aromatic heterocycles. The summed E-state index contributed by atoms with van der Waals surface area (Å²) < 4.78 is 2.98. The number of hydrogen-bond donors (Lipinski definition) is 0. The highest BCUT2D eigenvalue weighted by molar-refractivity contribution is 9.10. The van der Waals surface area contributed by atoms with E-state index in [-0.39, 0.29) is 0 Å². The summed E-state index contributed by atoms with van der Waals surface area (Å²) in [6.07, 6.45) is 3.93. The Bertz CT molecular complexity index is 928. The van der Waals surface area contributed by atoms with Gasteiger partial charge < -0.3 is 4.40 Å². The van der Waals surface area contributed by atoms with E-state index in [2.05, 4.69) is 36.3 Å². The highest BCUT2D eigenvalue weighted by Gasteiger charge is 2.08. The smallest absolute Gasteiger partial charge is 0.204 e. The van der Waals surface area contributed by atoms with Gasteiger partial charge in [0.05, 0.1) is 5.69 Å². The van der Waals surface area contributed by atoms with Gasteiger partial charge in [0, 0.05) is 22.4 Å². The van der Waals surface area contributed by atoms with E-state index >= 15 is 0 Å². The van der Waals surface area contributed by atoms with E-state index < -0.39 is 0 Å². The van der Waals surface area contributed by atoms with Crippen molar-refractivity contribution < 1.29 is 0 Å². The Hall–Kier alpha value is -2.54. The van der Waals surface area contributed by atoms with Crippen molar-refractivity contribution in [1.82, 2.24) is 29.6 Å². The Morgan fingerprint density at radius 3 is 2.73 bits per heavy atom. The average molecular weight is 355 g/mol. The highest BCUT2D eigenvalue weighted by Crippen LogP contribution is 2.14. The fourth-order valence-electron chi connectivity index (χ4n) is 2.25. The number of tetrazole rings is 1. The van der Waals surface area contributed by atoms with Gasteiger partial charge in [-0.1, -0.05) is 30.3 Å². The van der Waals surface area contributed by atoms with Gasteiger partial charge in [0.15, 0.2) is 0 Å². The van der Waals surface area contributed by atoms with Crippen molar-refractivity contribution in [3.8, 4) is 11.4 Å². The molecular weight excluding hydrogens is 344 g/mol. The van der Waals surface area contributed by atoms with Crippen molar-refractivity contribution in [2.24, 2.45) is 0 Å². The highest BCUT2D eigenvalue weighted by atomic mass is 79.9. The van der Waals surface area contributed by atoms with Gasteiger partial charge in [0.2, 0.25) is 5.82 Å². The molecule has 0 bridgehead atoms. The molecule has 1 aromatic carbocycles. The summed E-state index contributed by atoms with van der Waals surface area (Å²) in [5.41, 5.74) is 2.73. The number of halogens is 1. The minimum Gasteiger partial charge on any atom is -0.306 e. The molecule has 0 aliphatic rings. The molecule has 108 valence electrons. The molecule has 6 nitrogen and oxygen atoms in total. The van der Waals surface area contributed by atoms with Crippen molar-refractivity contribution in [3.63, 3.8) is 0 Å². The fourth-order valence-corrected chi connectivity index (χ4v) is 2.60. The first-order valence-electron chi connectivity index (χ1n) is 6.74. The number of hydrogen-bond acceptors (Lipinski definition) is 4. The SMILES string of the molecule is Brc1ccc2nc(Cn3nnc(-c4ccccc4)n3)cn2c1. The summed E-state index contributed by atoms with van der Waals surface area (Å²) in [7, 11) is 0. The number of rotatable bonds is 3. The zero-order chi connectivity index (χ0) is 14.9. The summed E-state index contributed by atoms with van der Waals surface area (Å²) in [5.74, 6) is 0.618. The predicted octanol–water partition coefficient (Wildman–Crippen LogP) is 2.80. The molecule has 0 fully saturated rings. The van der Waals surface area contributed by atoms with Crippen LogP contribution in [0.15, 0.2) is 59.3 Å². The molecular formula is C15H11BrN6. The van der Waals surface area contributed by atoms with Gasteiger partial charge in [0.25, 0.3) is 0 Å². The molecule has 7 heteroatoms.